The van der Waals surface area contributed by atoms with E-state index in [0.717, 1.165) is 6.54 Å². The van der Waals surface area contributed by atoms with Gasteiger partial charge in [0.2, 0.25) is 0 Å². The Morgan fingerprint density at radius 1 is 1.44 bits per heavy atom. The van der Waals surface area contributed by atoms with Gasteiger partial charge in [0.15, 0.2) is 5.17 Å². The van der Waals surface area contributed by atoms with Crippen molar-refractivity contribution < 1.29 is 0 Å². The third-order valence-corrected chi connectivity index (χ3v) is 5.28. The van der Waals surface area contributed by atoms with Crippen molar-refractivity contribution >= 4 is 16.9 Å². The summed E-state index contributed by atoms with van der Waals surface area (Å²) in [5.41, 5.74) is 0.418. The summed E-state index contributed by atoms with van der Waals surface area (Å²) in [5.74, 6) is 1.23. The first-order valence-electron chi connectivity index (χ1n) is 7.24. The Kier molecular flexibility index (Phi) is 4.96. The lowest BCUT2D eigenvalue weighted by atomic mass is 9.81. The minimum absolute atomic E-state index is 0.418. The summed E-state index contributed by atoms with van der Waals surface area (Å²) in [7, 11) is 2.22. The number of hydrogen-bond acceptors (Lipinski definition) is 3. The van der Waals surface area contributed by atoms with E-state index in [1.165, 1.54) is 49.7 Å². The van der Waals surface area contributed by atoms with Gasteiger partial charge in [0.05, 0.1) is 0 Å². The van der Waals surface area contributed by atoms with Gasteiger partial charge in [-0.05, 0) is 51.2 Å². The molecule has 0 aromatic rings. The van der Waals surface area contributed by atoms with E-state index in [-0.39, 0.29) is 0 Å². The molecule has 2 fully saturated rings. The highest BCUT2D eigenvalue weighted by atomic mass is 32.2. The number of nitrogens with one attached hydrogen (secondary N) is 1. The monoisotopic (exact) mass is 269 g/mol. The Hall–Kier alpha value is -0.220. The molecule has 18 heavy (non-hydrogen) atoms. The van der Waals surface area contributed by atoms with Gasteiger partial charge < -0.3 is 10.2 Å². The van der Waals surface area contributed by atoms with Gasteiger partial charge in [-0.3, -0.25) is 4.99 Å². The highest BCUT2D eigenvalue weighted by Gasteiger charge is 2.29. The maximum absolute atomic E-state index is 4.85. The zero-order chi connectivity index (χ0) is 13.0. The van der Waals surface area contributed by atoms with Crippen molar-refractivity contribution in [2.75, 3.05) is 32.4 Å². The molecule has 1 atom stereocenters. The quantitative estimate of drug-likeness (QED) is 0.853. The lowest BCUT2D eigenvalue weighted by Crippen LogP contribution is -2.40. The maximum Gasteiger partial charge on any atom is 0.156 e. The fourth-order valence-corrected chi connectivity index (χ4v) is 3.56. The number of amidine groups is 1. The van der Waals surface area contributed by atoms with Crippen LogP contribution in [0.4, 0.5) is 0 Å². The van der Waals surface area contributed by atoms with Crippen molar-refractivity contribution in [3.05, 3.63) is 0 Å². The van der Waals surface area contributed by atoms with E-state index >= 15 is 0 Å². The van der Waals surface area contributed by atoms with E-state index in [0.29, 0.717) is 11.5 Å². The highest BCUT2D eigenvalue weighted by molar-refractivity contribution is 8.13. The van der Waals surface area contributed by atoms with Crippen LogP contribution in [0.1, 0.15) is 39.5 Å². The van der Waals surface area contributed by atoms with Gasteiger partial charge in [0.25, 0.3) is 0 Å². The first-order chi connectivity index (χ1) is 8.61. The lowest BCUT2D eigenvalue weighted by Gasteiger charge is -2.37. The van der Waals surface area contributed by atoms with E-state index in [1.807, 2.05) is 11.8 Å². The van der Waals surface area contributed by atoms with Crippen LogP contribution in [0.15, 0.2) is 4.99 Å². The van der Waals surface area contributed by atoms with Crippen molar-refractivity contribution in [3.8, 4) is 0 Å². The third-order valence-electron chi connectivity index (χ3n) is 4.32. The van der Waals surface area contributed by atoms with Gasteiger partial charge in [-0.15, -0.1) is 0 Å². The first-order valence-corrected chi connectivity index (χ1v) is 8.22. The molecule has 0 bridgehead atoms. The van der Waals surface area contributed by atoms with Crippen LogP contribution in [0.2, 0.25) is 0 Å². The van der Waals surface area contributed by atoms with Crippen molar-refractivity contribution in [1.29, 1.82) is 0 Å². The van der Waals surface area contributed by atoms with Crippen LogP contribution in [-0.4, -0.2) is 48.5 Å². The zero-order valence-corrected chi connectivity index (χ0v) is 12.9. The van der Waals surface area contributed by atoms with Crippen LogP contribution in [0.25, 0.3) is 0 Å². The van der Waals surface area contributed by atoms with E-state index < -0.39 is 0 Å². The number of piperidine rings is 1. The third kappa shape index (κ3) is 3.89. The largest absolute Gasteiger partial charge is 0.362 e. The Balaban J connectivity index is 1.85. The molecule has 0 amide bonds. The number of hydrogen-bond donors (Lipinski definition) is 1. The second kappa shape index (κ2) is 6.29. The smallest absolute Gasteiger partial charge is 0.156 e. The molecule has 0 saturated carbocycles. The van der Waals surface area contributed by atoms with E-state index in [1.54, 1.807) is 0 Å². The second-order valence-electron chi connectivity index (χ2n) is 6.12. The summed E-state index contributed by atoms with van der Waals surface area (Å²) in [6.07, 6.45) is 5.05. The van der Waals surface area contributed by atoms with Gasteiger partial charge in [-0.2, -0.15) is 0 Å². The molecule has 1 unspecified atom stereocenters. The molecule has 2 heterocycles. The SMILES string of the molecule is CCC1CCSC(=NCC2(C)CCN(C)CC2)N1. The molecule has 0 spiro atoms. The van der Waals surface area contributed by atoms with Crippen LogP contribution in [0, 0.1) is 5.41 Å². The van der Waals surface area contributed by atoms with Crippen molar-refractivity contribution in [2.24, 2.45) is 10.4 Å². The molecule has 4 heteroatoms. The van der Waals surface area contributed by atoms with Crippen LogP contribution in [0.5, 0.6) is 0 Å². The molecular formula is C14H27N3S. The lowest BCUT2D eigenvalue weighted by molar-refractivity contribution is 0.147. The Bertz CT molecular complexity index is 295. The van der Waals surface area contributed by atoms with Gasteiger partial charge >= 0.3 is 0 Å². The van der Waals surface area contributed by atoms with Gasteiger partial charge in [-0.1, -0.05) is 25.6 Å². The molecule has 104 valence electrons. The second-order valence-corrected chi connectivity index (χ2v) is 7.21. The first kappa shape index (κ1) is 14.2. The van der Waals surface area contributed by atoms with E-state index in [2.05, 4.69) is 31.1 Å². The molecule has 0 radical (unpaired) electrons. The van der Waals surface area contributed by atoms with Crippen molar-refractivity contribution in [3.63, 3.8) is 0 Å². The predicted molar refractivity (Wildman–Crippen MR) is 81.4 cm³/mol. The van der Waals surface area contributed by atoms with E-state index in [4.69, 9.17) is 4.99 Å². The summed E-state index contributed by atoms with van der Waals surface area (Å²) < 4.78 is 0. The molecule has 0 aromatic carbocycles. The van der Waals surface area contributed by atoms with Gasteiger partial charge in [0, 0.05) is 18.3 Å². The molecule has 0 aromatic heterocycles. The fraction of sp³-hybridized carbons (Fsp3) is 0.929. The standard InChI is InChI=1S/C14H27N3S/c1-4-12-5-10-18-13(16-12)15-11-14(2)6-8-17(3)9-7-14/h12H,4-11H2,1-3H3,(H,15,16). The van der Waals surface area contributed by atoms with Crippen LogP contribution in [-0.2, 0) is 0 Å². The molecule has 2 saturated heterocycles. The summed E-state index contributed by atoms with van der Waals surface area (Å²) >= 11 is 1.90. The van der Waals surface area contributed by atoms with Crippen LogP contribution >= 0.6 is 11.8 Å². The normalized spacial score (nSPS) is 31.3. The maximum atomic E-state index is 4.85. The number of thioether (sulfide) groups is 1. The number of nitrogens with zero attached hydrogens (tertiary/aromatic N) is 2. The van der Waals surface area contributed by atoms with Crippen LogP contribution < -0.4 is 5.32 Å². The Morgan fingerprint density at radius 3 is 2.83 bits per heavy atom. The zero-order valence-electron chi connectivity index (χ0n) is 12.0. The number of likely N-dealkylation sites (tertiary alicyclic amines) is 1. The topological polar surface area (TPSA) is 27.6 Å². The van der Waals surface area contributed by atoms with Gasteiger partial charge in [-0.25, -0.2) is 0 Å². The minimum atomic E-state index is 0.418. The predicted octanol–water partition coefficient (Wildman–Crippen LogP) is 2.58. The minimum Gasteiger partial charge on any atom is -0.362 e. The molecular weight excluding hydrogens is 242 g/mol. The molecule has 0 aliphatic carbocycles. The van der Waals surface area contributed by atoms with Crippen molar-refractivity contribution in [1.82, 2.24) is 10.2 Å². The Labute approximate surface area is 116 Å². The average molecular weight is 269 g/mol. The summed E-state index contributed by atoms with van der Waals surface area (Å²) in [6.45, 7) is 8.09. The molecule has 2 aliphatic rings. The summed E-state index contributed by atoms with van der Waals surface area (Å²) in [6, 6.07) is 0.648. The molecule has 3 nitrogen and oxygen atoms in total. The summed E-state index contributed by atoms with van der Waals surface area (Å²) in [4.78, 5) is 7.28. The molecule has 1 N–H and O–H groups in total. The number of aliphatic imine (C=N–C) groups is 1. The summed E-state index contributed by atoms with van der Waals surface area (Å²) in [5, 5.41) is 4.76. The fourth-order valence-electron chi connectivity index (χ4n) is 2.56. The highest BCUT2D eigenvalue weighted by Crippen LogP contribution is 2.31. The molecule has 2 aliphatic heterocycles. The molecule has 2 rings (SSSR count). The van der Waals surface area contributed by atoms with Gasteiger partial charge in [0.1, 0.15) is 0 Å². The van der Waals surface area contributed by atoms with E-state index in [9.17, 15) is 0 Å². The average Bonchev–Trinajstić information content (AvgIpc) is 2.41. The van der Waals surface area contributed by atoms with Crippen molar-refractivity contribution in [2.45, 2.75) is 45.6 Å². The van der Waals surface area contributed by atoms with Crippen LogP contribution in [0.3, 0.4) is 0 Å². The number of rotatable bonds is 3. The Morgan fingerprint density at radius 2 is 2.17 bits per heavy atom.